The van der Waals surface area contributed by atoms with Crippen molar-refractivity contribution < 1.29 is 4.52 Å². The predicted octanol–water partition coefficient (Wildman–Crippen LogP) is 2.28. The molecule has 2 N–H and O–H groups in total. The zero-order valence-electron chi connectivity index (χ0n) is 10.0. The van der Waals surface area contributed by atoms with Crippen molar-refractivity contribution in [3.8, 4) is 0 Å². The van der Waals surface area contributed by atoms with Crippen LogP contribution in [0.15, 0.2) is 4.52 Å². The fourth-order valence-electron chi connectivity index (χ4n) is 1.51. The molecule has 0 amide bonds. The van der Waals surface area contributed by atoms with Crippen LogP contribution in [0.3, 0.4) is 0 Å². The molecule has 0 aromatic carbocycles. The summed E-state index contributed by atoms with van der Waals surface area (Å²) in [6.07, 6.45) is 0.996. The summed E-state index contributed by atoms with van der Waals surface area (Å²) in [5.41, 5.74) is 5.71. The van der Waals surface area contributed by atoms with Crippen molar-refractivity contribution in [2.75, 3.05) is 6.54 Å². The quantitative estimate of drug-likeness (QED) is 0.811. The molecule has 1 aromatic heterocycles. The predicted molar refractivity (Wildman–Crippen MR) is 59.6 cm³/mol. The Morgan fingerprint density at radius 1 is 1.27 bits per heavy atom. The highest BCUT2D eigenvalue weighted by Crippen LogP contribution is 2.22. The first-order valence-electron chi connectivity index (χ1n) is 5.58. The maximum atomic E-state index is 5.71. The SMILES string of the molecule is CC(C)CC(CN)c1nc(C(C)C)no1. The molecule has 1 rings (SSSR count). The molecule has 1 heterocycles. The zero-order valence-corrected chi connectivity index (χ0v) is 10.0. The summed E-state index contributed by atoms with van der Waals surface area (Å²) in [5, 5.41) is 3.95. The fraction of sp³-hybridized carbons (Fsp3) is 0.818. The molecule has 0 bridgehead atoms. The second-order valence-corrected chi connectivity index (χ2v) is 4.71. The third-order valence-corrected chi connectivity index (χ3v) is 2.36. The number of aromatic nitrogens is 2. The van der Waals surface area contributed by atoms with E-state index < -0.39 is 0 Å². The Kier molecular flexibility index (Phi) is 4.27. The van der Waals surface area contributed by atoms with Crippen molar-refractivity contribution in [1.29, 1.82) is 0 Å². The molecule has 1 unspecified atom stereocenters. The second-order valence-electron chi connectivity index (χ2n) is 4.71. The Morgan fingerprint density at radius 3 is 2.33 bits per heavy atom. The molecule has 86 valence electrons. The molecule has 1 aromatic rings. The number of hydrogen-bond donors (Lipinski definition) is 1. The molecule has 0 saturated heterocycles. The van der Waals surface area contributed by atoms with Crippen LogP contribution in [0.1, 0.15) is 57.7 Å². The molecular formula is C11H21N3O. The van der Waals surface area contributed by atoms with Crippen molar-refractivity contribution in [2.45, 2.75) is 46.0 Å². The lowest BCUT2D eigenvalue weighted by molar-refractivity contribution is 0.331. The highest BCUT2D eigenvalue weighted by molar-refractivity contribution is 4.97. The van der Waals surface area contributed by atoms with Gasteiger partial charge in [-0.15, -0.1) is 0 Å². The van der Waals surface area contributed by atoms with Crippen LogP contribution in [0.5, 0.6) is 0 Å². The van der Waals surface area contributed by atoms with E-state index in [1.807, 2.05) is 0 Å². The summed E-state index contributed by atoms with van der Waals surface area (Å²) in [4.78, 5) is 4.38. The molecule has 0 aliphatic heterocycles. The van der Waals surface area contributed by atoms with Crippen molar-refractivity contribution in [1.82, 2.24) is 10.1 Å². The lowest BCUT2D eigenvalue weighted by Crippen LogP contribution is -2.15. The van der Waals surface area contributed by atoms with Crippen LogP contribution in [-0.2, 0) is 0 Å². The van der Waals surface area contributed by atoms with E-state index in [0.717, 1.165) is 12.2 Å². The minimum Gasteiger partial charge on any atom is -0.339 e. The normalized spacial score (nSPS) is 13.8. The Morgan fingerprint density at radius 2 is 1.93 bits per heavy atom. The third-order valence-electron chi connectivity index (χ3n) is 2.36. The molecule has 4 nitrogen and oxygen atoms in total. The second kappa shape index (κ2) is 5.26. The van der Waals surface area contributed by atoms with E-state index in [1.165, 1.54) is 0 Å². The van der Waals surface area contributed by atoms with Crippen LogP contribution in [0.4, 0.5) is 0 Å². The molecule has 1 atom stereocenters. The van der Waals surface area contributed by atoms with Gasteiger partial charge in [0.15, 0.2) is 5.82 Å². The lowest BCUT2D eigenvalue weighted by atomic mass is 9.97. The lowest BCUT2D eigenvalue weighted by Gasteiger charge is -2.11. The number of hydrogen-bond acceptors (Lipinski definition) is 4. The average Bonchev–Trinajstić information content (AvgIpc) is 2.62. The summed E-state index contributed by atoms with van der Waals surface area (Å²) >= 11 is 0. The first kappa shape index (κ1) is 12.2. The largest absolute Gasteiger partial charge is 0.339 e. The van der Waals surface area contributed by atoms with Gasteiger partial charge in [0.05, 0.1) is 5.92 Å². The Hall–Kier alpha value is -0.900. The molecular weight excluding hydrogens is 190 g/mol. The van der Waals surface area contributed by atoms with Gasteiger partial charge in [0.1, 0.15) is 0 Å². The van der Waals surface area contributed by atoms with E-state index in [1.54, 1.807) is 0 Å². The molecule has 0 radical (unpaired) electrons. The maximum absolute atomic E-state index is 5.71. The third kappa shape index (κ3) is 3.30. The Balaban J connectivity index is 2.74. The molecule has 0 fully saturated rings. The van der Waals surface area contributed by atoms with Crippen molar-refractivity contribution in [2.24, 2.45) is 11.7 Å². The molecule has 4 heteroatoms. The van der Waals surface area contributed by atoms with Crippen LogP contribution in [0.25, 0.3) is 0 Å². The molecule has 0 saturated carbocycles. The first-order chi connectivity index (χ1) is 7.04. The molecule has 15 heavy (non-hydrogen) atoms. The van der Waals surface area contributed by atoms with Gasteiger partial charge in [0, 0.05) is 12.5 Å². The van der Waals surface area contributed by atoms with Crippen LogP contribution in [0.2, 0.25) is 0 Å². The summed E-state index contributed by atoms with van der Waals surface area (Å²) in [6.45, 7) is 9.01. The van der Waals surface area contributed by atoms with Gasteiger partial charge in [0.2, 0.25) is 5.89 Å². The highest BCUT2D eigenvalue weighted by atomic mass is 16.5. The standard InChI is InChI=1S/C11H21N3O/c1-7(2)5-9(6-12)11-13-10(8(3)4)14-15-11/h7-9H,5-6,12H2,1-4H3. The van der Waals surface area contributed by atoms with Gasteiger partial charge < -0.3 is 10.3 Å². The van der Waals surface area contributed by atoms with Crippen LogP contribution in [-0.4, -0.2) is 16.7 Å². The number of rotatable bonds is 5. The topological polar surface area (TPSA) is 64.9 Å². The highest BCUT2D eigenvalue weighted by Gasteiger charge is 2.19. The van der Waals surface area contributed by atoms with E-state index in [0.29, 0.717) is 24.3 Å². The first-order valence-corrected chi connectivity index (χ1v) is 5.58. The number of nitrogens with zero attached hydrogens (tertiary/aromatic N) is 2. The van der Waals surface area contributed by atoms with E-state index in [4.69, 9.17) is 10.3 Å². The van der Waals surface area contributed by atoms with Crippen LogP contribution >= 0.6 is 0 Å². The van der Waals surface area contributed by atoms with Gasteiger partial charge in [-0.25, -0.2) is 0 Å². The number of nitrogens with two attached hydrogens (primary N) is 1. The monoisotopic (exact) mass is 211 g/mol. The minimum atomic E-state index is 0.199. The van der Waals surface area contributed by atoms with E-state index >= 15 is 0 Å². The Labute approximate surface area is 91.2 Å². The maximum Gasteiger partial charge on any atom is 0.231 e. The van der Waals surface area contributed by atoms with E-state index in [-0.39, 0.29) is 5.92 Å². The van der Waals surface area contributed by atoms with Gasteiger partial charge in [-0.1, -0.05) is 32.9 Å². The van der Waals surface area contributed by atoms with Gasteiger partial charge in [-0.3, -0.25) is 0 Å². The smallest absolute Gasteiger partial charge is 0.231 e. The molecule has 0 aliphatic carbocycles. The fourth-order valence-corrected chi connectivity index (χ4v) is 1.51. The van der Waals surface area contributed by atoms with Crippen molar-refractivity contribution >= 4 is 0 Å². The van der Waals surface area contributed by atoms with Crippen molar-refractivity contribution in [3.63, 3.8) is 0 Å². The summed E-state index contributed by atoms with van der Waals surface area (Å²) in [7, 11) is 0. The Bertz CT molecular complexity index is 294. The zero-order chi connectivity index (χ0) is 11.4. The summed E-state index contributed by atoms with van der Waals surface area (Å²) < 4.78 is 5.24. The minimum absolute atomic E-state index is 0.199. The summed E-state index contributed by atoms with van der Waals surface area (Å²) in [6, 6.07) is 0. The molecule has 0 spiro atoms. The van der Waals surface area contributed by atoms with Crippen molar-refractivity contribution in [3.05, 3.63) is 11.7 Å². The molecule has 0 aliphatic rings. The summed E-state index contributed by atoms with van der Waals surface area (Å²) in [5.74, 6) is 2.56. The van der Waals surface area contributed by atoms with Crippen LogP contribution < -0.4 is 5.73 Å². The van der Waals surface area contributed by atoms with Gasteiger partial charge in [0.25, 0.3) is 0 Å². The van der Waals surface area contributed by atoms with E-state index in [2.05, 4.69) is 37.8 Å². The average molecular weight is 211 g/mol. The van der Waals surface area contributed by atoms with Gasteiger partial charge >= 0.3 is 0 Å². The van der Waals surface area contributed by atoms with Gasteiger partial charge in [-0.2, -0.15) is 4.98 Å². The van der Waals surface area contributed by atoms with E-state index in [9.17, 15) is 0 Å². The van der Waals surface area contributed by atoms with Crippen LogP contribution in [0, 0.1) is 5.92 Å². The van der Waals surface area contributed by atoms with Gasteiger partial charge in [-0.05, 0) is 12.3 Å².